The van der Waals surface area contributed by atoms with Crippen LogP contribution in [0.3, 0.4) is 0 Å². The van der Waals surface area contributed by atoms with Gasteiger partial charge in [0.25, 0.3) is 0 Å². The summed E-state index contributed by atoms with van der Waals surface area (Å²) in [6, 6.07) is 2.64. The number of aliphatic imine (C=N–C) groups is 2. The molecule has 0 amide bonds. The molecule has 5 nitrogen and oxygen atoms in total. The molecule has 0 saturated carbocycles. The van der Waals surface area contributed by atoms with Crippen LogP contribution in [0.25, 0.3) is 0 Å². The van der Waals surface area contributed by atoms with Crippen LogP contribution in [0.4, 0.5) is 0 Å². The van der Waals surface area contributed by atoms with Crippen LogP contribution in [-0.2, 0) is 9.05 Å². The zero-order valence-corrected chi connectivity index (χ0v) is 11.8. The molecule has 0 atom stereocenters. The summed E-state index contributed by atoms with van der Waals surface area (Å²) in [6.45, 7) is 4.67. The van der Waals surface area contributed by atoms with E-state index < -0.39 is 9.05 Å². The van der Waals surface area contributed by atoms with Gasteiger partial charge >= 0.3 is 0 Å². The number of hydrogen-bond acceptors (Lipinski definition) is 5. The van der Waals surface area contributed by atoms with Gasteiger partial charge in [0.2, 0.25) is 9.05 Å². The largest absolute Gasteiger partial charge is 0.309 e. The number of halogens is 1. The highest BCUT2D eigenvalue weighted by molar-refractivity contribution is 8.13. The molecule has 0 saturated heterocycles. The normalized spacial score (nSPS) is 10.1. The van der Waals surface area contributed by atoms with Crippen LogP contribution in [0, 0.1) is 0 Å². The third-order valence-corrected chi connectivity index (χ3v) is 1.17. The molecule has 0 N–H and O–H groups in total. The molecule has 0 fully saturated rings. The number of nitrogens with zero attached hydrogens (tertiary/aromatic N) is 3. The summed E-state index contributed by atoms with van der Waals surface area (Å²) in [5, 5.41) is 0. The molecule has 0 aliphatic carbocycles. The average molecular weight is 270 g/mol. The minimum Gasteiger partial charge on any atom is -0.309 e. The van der Waals surface area contributed by atoms with Crippen molar-refractivity contribution in [3.05, 3.63) is 0 Å². The van der Waals surface area contributed by atoms with E-state index in [0.717, 1.165) is 32.3 Å². The molecule has 0 aromatic rings. The zero-order chi connectivity index (χ0) is 13.0. The van der Waals surface area contributed by atoms with Crippen molar-refractivity contribution in [2.24, 2.45) is 9.98 Å². The summed E-state index contributed by atoms with van der Waals surface area (Å²) in [6.07, 6.45) is 2.01. The second-order valence-corrected chi connectivity index (χ2v) is 6.34. The Morgan fingerprint density at radius 1 is 1.31 bits per heavy atom. The first-order valence-electron chi connectivity index (χ1n) is 4.89. The Labute approximate surface area is 103 Å². The van der Waals surface area contributed by atoms with Crippen molar-refractivity contribution in [2.45, 2.75) is 13.3 Å². The van der Waals surface area contributed by atoms with E-state index in [0.29, 0.717) is 0 Å². The van der Waals surface area contributed by atoms with Crippen molar-refractivity contribution < 1.29 is 8.42 Å². The fourth-order valence-corrected chi connectivity index (χ4v) is 0.637. The Bertz CT molecular complexity index is 301. The monoisotopic (exact) mass is 269 g/mol. The molecule has 0 aliphatic heterocycles. The first-order valence-corrected chi connectivity index (χ1v) is 7.61. The fourth-order valence-electron chi connectivity index (χ4n) is 0.637. The Morgan fingerprint density at radius 2 is 1.81 bits per heavy atom. The maximum absolute atomic E-state index is 9.40. The van der Waals surface area contributed by atoms with Gasteiger partial charge in [0.05, 0.1) is 18.8 Å². The lowest BCUT2D eigenvalue weighted by Gasteiger charge is -2.05. The first kappa shape index (κ1) is 18.0. The van der Waals surface area contributed by atoms with Crippen LogP contribution < -0.4 is 0 Å². The minimum absolute atomic E-state index is 0.775. The summed E-state index contributed by atoms with van der Waals surface area (Å²) in [7, 11) is 5.43. The molecule has 0 heterocycles. The lowest BCUT2D eigenvalue weighted by atomic mass is 10.4. The molecule has 7 heteroatoms. The SMILES string of the molecule is CCN=C=NCCCN(C)C.CS(=O)(=O)Cl. The van der Waals surface area contributed by atoms with Gasteiger partial charge in [-0.25, -0.2) is 18.4 Å². The van der Waals surface area contributed by atoms with Crippen molar-refractivity contribution in [3.63, 3.8) is 0 Å². The Balaban J connectivity index is 0. The molecule has 0 aromatic carbocycles. The van der Waals surface area contributed by atoms with Gasteiger partial charge in [0, 0.05) is 17.2 Å². The highest BCUT2D eigenvalue weighted by Gasteiger charge is 1.86. The van der Waals surface area contributed by atoms with Gasteiger partial charge in [-0.1, -0.05) is 0 Å². The van der Waals surface area contributed by atoms with E-state index in [4.69, 9.17) is 0 Å². The summed E-state index contributed by atoms with van der Waals surface area (Å²) in [4.78, 5) is 9.99. The van der Waals surface area contributed by atoms with Gasteiger partial charge in [-0.2, -0.15) is 0 Å². The highest BCUT2D eigenvalue weighted by Crippen LogP contribution is 1.83. The van der Waals surface area contributed by atoms with Crippen molar-refractivity contribution in [1.29, 1.82) is 0 Å². The summed E-state index contributed by atoms with van der Waals surface area (Å²) in [5.74, 6) is 0. The van der Waals surface area contributed by atoms with E-state index in [1.54, 1.807) is 0 Å². The van der Waals surface area contributed by atoms with E-state index >= 15 is 0 Å². The predicted octanol–water partition coefficient (Wildman–Crippen LogP) is 1.32. The Morgan fingerprint density at radius 3 is 2.19 bits per heavy atom. The van der Waals surface area contributed by atoms with Gasteiger partial charge in [-0.15, -0.1) is 0 Å². The molecule has 0 rings (SSSR count). The molecule has 0 unspecified atom stereocenters. The number of rotatable bonds is 5. The molecule has 0 radical (unpaired) electrons. The van der Waals surface area contributed by atoms with Crippen molar-refractivity contribution in [3.8, 4) is 0 Å². The zero-order valence-electron chi connectivity index (χ0n) is 10.3. The topological polar surface area (TPSA) is 62.1 Å². The summed E-state index contributed by atoms with van der Waals surface area (Å²) >= 11 is 0. The van der Waals surface area contributed by atoms with Crippen LogP contribution in [0.5, 0.6) is 0 Å². The van der Waals surface area contributed by atoms with Gasteiger partial charge in [-0.05, 0) is 34.0 Å². The van der Waals surface area contributed by atoms with Crippen LogP contribution in [0.15, 0.2) is 9.98 Å². The first-order chi connectivity index (χ1) is 7.27. The summed E-state index contributed by atoms with van der Waals surface area (Å²) in [5.41, 5.74) is 0. The van der Waals surface area contributed by atoms with Crippen molar-refractivity contribution in [1.82, 2.24) is 4.90 Å². The van der Waals surface area contributed by atoms with Gasteiger partial charge in [-0.3, -0.25) is 0 Å². The van der Waals surface area contributed by atoms with E-state index in [2.05, 4.69) is 45.7 Å². The third-order valence-electron chi connectivity index (χ3n) is 1.17. The smallest absolute Gasteiger partial charge is 0.229 e. The fraction of sp³-hybridized carbons (Fsp3) is 0.889. The van der Waals surface area contributed by atoms with E-state index in [1.807, 2.05) is 6.92 Å². The van der Waals surface area contributed by atoms with Gasteiger partial charge < -0.3 is 4.90 Å². The molecule has 0 bridgehead atoms. The highest BCUT2D eigenvalue weighted by atomic mass is 35.7. The lowest BCUT2D eigenvalue weighted by molar-refractivity contribution is 0.403. The maximum atomic E-state index is 9.40. The molecule has 0 spiro atoms. The molecular weight excluding hydrogens is 250 g/mol. The molecular formula is C9H20ClN3O2S. The molecule has 0 aliphatic rings. The van der Waals surface area contributed by atoms with Gasteiger partial charge in [0.15, 0.2) is 0 Å². The maximum Gasteiger partial charge on any atom is 0.229 e. The molecule has 96 valence electrons. The average Bonchev–Trinajstić information content (AvgIpc) is 2.08. The lowest BCUT2D eigenvalue weighted by Crippen LogP contribution is -2.13. The van der Waals surface area contributed by atoms with Crippen molar-refractivity contribution in [2.75, 3.05) is 40.0 Å². The van der Waals surface area contributed by atoms with Gasteiger partial charge in [0.1, 0.15) is 0 Å². The van der Waals surface area contributed by atoms with Crippen LogP contribution in [0.2, 0.25) is 0 Å². The molecule has 16 heavy (non-hydrogen) atoms. The minimum atomic E-state index is -3.19. The standard InChI is InChI=1S/C8H17N3.CH3ClO2S/c1-4-9-8-10-6-5-7-11(2)3;1-5(2,3)4/h4-7H2,1-3H3;1H3. The van der Waals surface area contributed by atoms with E-state index in [9.17, 15) is 8.42 Å². The van der Waals surface area contributed by atoms with Crippen LogP contribution >= 0.6 is 10.7 Å². The van der Waals surface area contributed by atoms with E-state index in [1.165, 1.54) is 0 Å². The Kier molecular flexibility index (Phi) is 12.4. The van der Waals surface area contributed by atoms with Crippen molar-refractivity contribution >= 4 is 25.7 Å². The predicted molar refractivity (Wildman–Crippen MR) is 69.1 cm³/mol. The summed E-state index contributed by atoms with van der Waals surface area (Å²) < 4.78 is 18.8. The van der Waals surface area contributed by atoms with Crippen LogP contribution in [-0.4, -0.2) is 59.3 Å². The Hall–Kier alpha value is -0.420. The second-order valence-electron chi connectivity index (χ2n) is 3.29. The quantitative estimate of drug-likeness (QED) is 0.430. The third kappa shape index (κ3) is 37.4. The second kappa shape index (κ2) is 11.1. The number of hydrogen-bond donors (Lipinski definition) is 0. The van der Waals surface area contributed by atoms with Crippen LogP contribution in [0.1, 0.15) is 13.3 Å². The molecule has 0 aromatic heterocycles. The van der Waals surface area contributed by atoms with E-state index in [-0.39, 0.29) is 0 Å².